The van der Waals surface area contributed by atoms with E-state index in [9.17, 15) is 14.0 Å². The number of benzene rings is 2. The van der Waals surface area contributed by atoms with Crippen molar-refractivity contribution in [3.05, 3.63) is 82.5 Å². The van der Waals surface area contributed by atoms with Crippen molar-refractivity contribution in [3.63, 3.8) is 0 Å². The maximum atomic E-state index is 13.5. The molecule has 0 N–H and O–H groups in total. The van der Waals surface area contributed by atoms with Gasteiger partial charge in [0, 0.05) is 44.9 Å². The number of piperidine rings is 1. The zero-order valence-corrected chi connectivity index (χ0v) is 22.5. The van der Waals surface area contributed by atoms with Gasteiger partial charge in [-0.1, -0.05) is 31.2 Å². The van der Waals surface area contributed by atoms with Crippen LogP contribution in [0.5, 0.6) is 0 Å². The fourth-order valence-corrected chi connectivity index (χ4v) is 5.19. The van der Waals surface area contributed by atoms with E-state index in [1.165, 1.54) is 29.0 Å². The number of rotatable bonds is 8. The van der Waals surface area contributed by atoms with Crippen molar-refractivity contribution < 1.29 is 13.9 Å². The van der Waals surface area contributed by atoms with E-state index in [1.807, 2.05) is 30.1 Å². The lowest BCUT2D eigenvalue weighted by molar-refractivity contribution is -0.152. The Balaban J connectivity index is 1.36. The number of anilines is 2. The molecular weight excluding hydrogens is 499 g/mol. The monoisotopic (exact) mass is 532 g/mol. The molecule has 2 aromatic carbocycles. The topological polar surface area (TPSA) is 85.5 Å². The Morgan fingerprint density at radius 3 is 2.56 bits per heavy atom. The Kier molecular flexibility index (Phi) is 7.63. The first-order valence-corrected chi connectivity index (χ1v) is 13.3. The maximum Gasteiger partial charge on any atom is 0.307 e. The quantitative estimate of drug-likeness (QED) is 0.312. The van der Waals surface area contributed by atoms with Gasteiger partial charge in [-0.25, -0.2) is 18.9 Å². The summed E-state index contributed by atoms with van der Waals surface area (Å²) in [4.78, 5) is 38.3. The summed E-state index contributed by atoms with van der Waals surface area (Å²) in [6, 6.07) is 16.1. The van der Waals surface area contributed by atoms with Crippen molar-refractivity contribution in [2.24, 2.45) is 0 Å². The van der Waals surface area contributed by atoms with Crippen molar-refractivity contribution in [2.45, 2.75) is 51.9 Å². The number of para-hydroxylation sites is 2. The number of carbonyl (C=O) groups excluding carboxylic acids is 1. The molecule has 1 aliphatic rings. The zero-order valence-electron chi connectivity index (χ0n) is 22.5. The summed E-state index contributed by atoms with van der Waals surface area (Å²) in [7, 11) is 1.93. The highest BCUT2D eigenvalue weighted by Crippen LogP contribution is 2.29. The van der Waals surface area contributed by atoms with Crippen LogP contribution in [0, 0.1) is 5.82 Å². The van der Waals surface area contributed by atoms with Crippen LogP contribution in [0.25, 0.3) is 11.0 Å². The Morgan fingerprint density at radius 2 is 1.85 bits per heavy atom. The van der Waals surface area contributed by atoms with Crippen molar-refractivity contribution in [2.75, 3.05) is 29.9 Å². The summed E-state index contributed by atoms with van der Waals surface area (Å²) in [6.07, 6.45) is 2.61. The van der Waals surface area contributed by atoms with Gasteiger partial charge in [0.15, 0.2) is 6.23 Å². The largest absolute Gasteiger partial charge is 0.441 e. The molecule has 10 heteroatoms. The third kappa shape index (κ3) is 5.50. The number of halogens is 1. The maximum absolute atomic E-state index is 13.5. The second kappa shape index (κ2) is 11.3. The van der Waals surface area contributed by atoms with E-state index in [4.69, 9.17) is 9.72 Å². The molecule has 1 fully saturated rings. The molecule has 5 rings (SSSR count). The van der Waals surface area contributed by atoms with E-state index in [0.717, 1.165) is 48.5 Å². The molecule has 39 heavy (non-hydrogen) atoms. The molecule has 3 heterocycles. The van der Waals surface area contributed by atoms with Gasteiger partial charge in [-0.05, 0) is 49.6 Å². The van der Waals surface area contributed by atoms with Crippen molar-refractivity contribution in [1.82, 2.24) is 19.1 Å². The molecule has 0 saturated carbocycles. The van der Waals surface area contributed by atoms with Crippen LogP contribution in [0.15, 0.2) is 65.6 Å². The smallest absolute Gasteiger partial charge is 0.307 e. The molecule has 0 bridgehead atoms. The number of aromatic nitrogens is 4. The van der Waals surface area contributed by atoms with Gasteiger partial charge in [-0.3, -0.25) is 9.59 Å². The van der Waals surface area contributed by atoms with E-state index < -0.39 is 6.23 Å². The second-order valence-electron chi connectivity index (χ2n) is 9.84. The summed E-state index contributed by atoms with van der Waals surface area (Å²) in [5.41, 5.74) is 2.68. The first kappa shape index (κ1) is 26.4. The number of nitrogens with zero attached hydrogens (tertiary/aromatic N) is 6. The predicted octanol–water partition coefficient (Wildman–Crippen LogP) is 4.36. The van der Waals surface area contributed by atoms with Gasteiger partial charge in [-0.15, -0.1) is 0 Å². The summed E-state index contributed by atoms with van der Waals surface area (Å²) >= 11 is 0. The van der Waals surface area contributed by atoms with Gasteiger partial charge in [0.25, 0.3) is 5.56 Å². The molecule has 0 spiro atoms. The average Bonchev–Trinajstić information content (AvgIpc) is 3.31. The molecule has 204 valence electrons. The first-order valence-electron chi connectivity index (χ1n) is 13.3. The fraction of sp³-hybridized carbons (Fsp3) is 0.379. The van der Waals surface area contributed by atoms with Gasteiger partial charge in [0.1, 0.15) is 5.82 Å². The highest BCUT2D eigenvalue weighted by atomic mass is 19.1. The molecule has 1 aliphatic heterocycles. The van der Waals surface area contributed by atoms with Crippen LogP contribution in [-0.4, -0.2) is 51.3 Å². The third-order valence-electron chi connectivity index (χ3n) is 7.31. The number of hydrogen-bond donors (Lipinski definition) is 0. The Labute approximate surface area is 226 Å². The van der Waals surface area contributed by atoms with Crippen LogP contribution in [-0.2, 0) is 16.1 Å². The van der Waals surface area contributed by atoms with Gasteiger partial charge in [-0.2, -0.15) is 0 Å². The number of fused-ring (bicyclic) bond motifs is 1. The van der Waals surface area contributed by atoms with Crippen molar-refractivity contribution >= 4 is 28.9 Å². The number of ether oxygens (including phenoxy) is 1. The molecule has 1 saturated heterocycles. The molecule has 2 aromatic heterocycles. The van der Waals surface area contributed by atoms with Crippen LogP contribution in [0.4, 0.5) is 16.3 Å². The van der Waals surface area contributed by atoms with Crippen LogP contribution < -0.4 is 15.4 Å². The van der Waals surface area contributed by atoms with E-state index in [0.29, 0.717) is 12.5 Å². The lowest BCUT2D eigenvalue weighted by Crippen LogP contribution is -2.46. The minimum Gasteiger partial charge on any atom is -0.441 e. The van der Waals surface area contributed by atoms with Gasteiger partial charge < -0.3 is 19.1 Å². The molecule has 0 radical (unpaired) electrons. The van der Waals surface area contributed by atoms with Gasteiger partial charge in [0.2, 0.25) is 11.9 Å². The second-order valence-corrected chi connectivity index (χ2v) is 9.84. The predicted molar refractivity (Wildman–Crippen MR) is 148 cm³/mol. The molecule has 9 nitrogen and oxygen atoms in total. The van der Waals surface area contributed by atoms with E-state index in [2.05, 4.69) is 20.5 Å². The SMILES string of the molecule is CCC(=O)OC(C)n1c(N(C)C2CCN(c3nc4ccccc4n3Cc3ccc(F)cc3)CC2)nccc1=O. The number of carbonyl (C=O) groups is 1. The summed E-state index contributed by atoms with van der Waals surface area (Å²) in [5, 5.41) is 0. The summed E-state index contributed by atoms with van der Waals surface area (Å²) in [6.45, 7) is 5.51. The lowest BCUT2D eigenvalue weighted by Gasteiger charge is -2.38. The Morgan fingerprint density at radius 1 is 1.13 bits per heavy atom. The lowest BCUT2D eigenvalue weighted by atomic mass is 10.0. The molecule has 4 aromatic rings. The van der Waals surface area contributed by atoms with Crippen molar-refractivity contribution in [1.29, 1.82) is 0 Å². The highest BCUT2D eigenvalue weighted by molar-refractivity contribution is 5.79. The highest BCUT2D eigenvalue weighted by Gasteiger charge is 2.29. The fourth-order valence-electron chi connectivity index (χ4n) is 5.19. The normalized spacial score (nSPS) is 14.9. The standard InChI is InChI=1S/C29H33FN6O3/c1-4-27(38)39-20(2)36-26(37)13-16-31-28(36)33(3)23-14-17-34(18-15-23)29-32-24-7-5-6-8-25(24)35(29)19-21-9-11-22(30)12-10-21/h5-13,16,20,23H,4,14-15,17-19H2,1-3H3. The minimum atomic E-state index is -0.762. The number of hydrogen-bond acceptors (Lipinski definition) is 7. The van der Waals surface area contributed by atoms with Gasteiger partial charge in [0.05, 0.1) is 17.6 Å². The first-order chi connectivity index (χ1) is 18.9. The summed E-state index contributed by atoms with van der Waals surface area (Å²) in [5.74, 6) is 0.734. The molecule has 1 unspecified atom stereocenters. The molecule has 0 aliphatic carbocycles. The molecule has 1 atom stereocenters. The van der Waals surface area contributed by atoms with Crippen LogP contribution >= 0.6 is 0 Å². The van der Waals surface area contributed by atoms with E-state index in [-0.39, 0.29) is 29.8 Å². The number of esters is 1. The molecule has 0 amide bonds. The Hall–Kier alpha value is -4.21. The van der Waals surface area contributed by atoms with Crippen molar-refractivity contribution in [3.8, 4) is 0 Å². The van der Waals surface area contributed by atoms with Crippen LogP contribution in [0.3, 0.4) is 0 Å². The van der Waals surface area contributed by atoms with Crippen LogP contribution in [0.1, 0.15) is 44.9 Å². The van der Waals surface area contributed by atoms with Gasteiger partial charge >= 0.3 is 5.97 Å². The van der Waals surface area contributed by atoms with E-state index in [1.54, 1.807) is 26.0 Å². The number of imidazole rings is 1. The zero-order chi connectivity index (χ0) is 27.5. The third-order valence-corrected chi connectivity index (χ3v) is 7.31. The molecular formula is C29H33FN6O3. The van der Waals surface area contributed by atoms with E-state index >= 15 is 0 Å². The minimum absolute atomic E-state index is 0.130. The average molecular weight is 533 g/mol. The van der Waals surface area contributed by atoms with Crippen LogP contribution in [0.2, 0.25) is 0 Å². The Bertz CT molecular complexity index is 1510. The summed E-state index contributed by atoms with van der Waals surface area (Å²) < 4.78 is 22.6.